The molecule has 1 N–H and O–H groups in total. The molecule has 4 rings (SSSR count). The fourth-order valence-electron chi connectivity index (χ4n) is 3.55. The van der Waals surface area contributed by atoms with Crippen molar-refractivity contribution in [2.75, 3.05) is 23.3 Å². The van der Waals surface area contributed by atoms with E-state index in [2.05, 4.69) is 50.7 Å². The second kappa shape index (κ2) is 9.09. The van der Waals surface area contributed by atoms with Gasteiger partial charge in [-0.05, 0) is 57.9 Å². The van der Waals surface area contributed by atoms with Gasteiger partial charge in [0.05, 0.1) is 0 Å². The number of aromatic nitrogens is 4. The summed E-state index contributed by atoms with van der Waals surface area (Å²) in [5.41, 5.74) is 1.74. The van der Waals surface area contributed by atoms with Gasteiger partial charge in [-0.1, -0.05) is 30.0 Å². The first-order valence-electron chi connectivity index (χ1n) is 10.8. The summed E-state index contributed by atoms with van der Waals surface area (Å²) >= 11 is 1.52. The number of nitrogens with one attached hydrogen (secondary N) is 1. The maximum atomic E-state index is 12.9. The molecule has 7 nitrogen and oxygen atoms in total. The van der Waals surface area contributed by atoms with Crippen LogP contribution in [0.3, 0.4) is 0 Å². The first-order valence-corrected chi connectivity index (χ1v) is 11.6. The topological polar surface area (TPSA) is 75.9 Å². The number of hydrogen-bond donors (Lipinski definition) is 1. The molecule has 1 saturated carbocycles. The van der Waals surface area contributed by atoms with Gasteiger partial charge < -0.3 is 14.8 Å². The van der Waals surface area contributed by atoms with Crippen molar-refractivity contribution < 1.29 is 4.79 Å². The fourth-order valence-corrected chi connectivity index (χ4v) is 4.75. The Labute approximate surface area is 187 Å². The van der Waals surface area contributed by atoms with Crippen molar-refractivity contribution in [3.05, 3.63) is 48.7 Å². The summed E-state index contributed by atoms with van der Waals surface area (Å²) in [4.78, 5) is 19.8. The Morgan fingerprint density at radius 3 is 2.42 bits per heavy atom. The molecule has 0 radical (unpaired) electrons. The third-order valence-electron chi connectivity index (χ3n) is 5.56. The molecule has 1 aliphatic rings. The summed E-state index contributed by atoms with van der Waals surface area (Å²) in [5.74, 6) is 1.77. The predicted molar refractivity (Wildman–Crippen MR) is 125 cm³/mol. The first kappa shape index (κ1) is 21.4. The molecule has 0 atom stereocenters. The lowest BCUT2D eigenvalue weighted by Gasteiger charge is -2.19. The van der Waals surface area contributed by atoms with Crippen LogP contribution in [0.2, 0.25) is 0 Å². The molecule has 0 saturated heterocycles. The molecule has 2 aromatic heterocycles. The molecular formula is C23H28N6OS. The van der Waals surface area contributed by atoms with Crippen LogP contribution in [0.5, 0.6) is 0 Å². The third kappa shape index (κ3) is 4.44. The van der Waals surface area contributed by atoms with Crippen LogP contribution in [0.15, 0.2) is 53.8 Å². The minimum atomic E-state index is -0.474. The number of carbonyl (C=O) groups is 1. The molecule has 0 bridgehead atoms. The zero-order valence-corrected chi connectivity index (χ0v) is 19.0. The van der Waals surface area contributed by atoms with E-state index in [9.17, 15) is 4.79 Å². The highest BCUT2D eigenvalue weighted by atomic mass is 32.2. The summed E-state index contributed by atoms with van der Waals surface area (Å²) in [6.45, 7) is 8.87. The third-order valence-corrected chi connectivity index (χ3v) is 7.03. The zero-order valence-electron chi connectivity index (χ0n) is 18.2. The molecule has 1 amide bonds. The Kier molecular flexibility index (Phi) is 6.27. The number of anilines is 2. The predicted octanol–water partition coefficient (Wildman–Crippen LogP) is 4.47. The second-order valence-electron chi connectivity index (χ2n) is 7.54. The van der Waals surface area contributed by atoms with E-state index in [-0.39, 0.29) is 5.91 Å². The smallest absolute Gasteiger partial charge is 0.241 e. The monoisotopic (exact) mass is 436 g/mol. The maximum absolute atomic E-state index is 12.9. The molecule has 1 fully saturated rings. The number of amides is 1. The Bertz CT molecular complexity index is 1030. The molecular weight excluding hydrogens is 408 g/mol. The highest BCUT2D eigenvalue weighted by Crippen LogP contribution is 2.52. The van der Waals surface area contributed by atoms with E-state index in [4.69, 9.17) is 0 Å². The summed E-state index contributed by atoms with van der Waals surface area (Å²) in [6.07, 6.45) is 3.53. The van der Waals surface area contributed by atoms with Crippen molar-refractivity contribution in [2.24, 2.45) is 0 Å². The van der Waals surface area contributed by atoms with Gasteiger partial charge in [0, 0.05) is 37.1 Å². The van der Waals surface area contributed by atoms with Crippen molar-refractivity contribution >= 4 is 29.2 Å². The highest BCUT2D eigenvalue weighted by Gasteiger charge is 2.52. The molecule has 0 aliphatic heterocycles. The lowest BCUT2D eigenvalue weighted by Crippen LogP contribution is -2.27. The molecule has 3 aromatic rings. The average molecular weight is 437 g/mol. The fraction of sp³-hybridized carbons (Fsp3) is 0.391. The first-order chi connectivity index (χ1) is 15.1. The molecule has 0 spiro atoms. The number of para-hydroxylation sites is 1. The summed E-state index contributed by atoms with van der Waals surface area (Å²) in [5, 5.41) is 12.7. The minimum absolute atomic E-state index is 0.0288. The number of hydrogen-bond acceptors (Lipinski definition) is 6. The van der Waals surface area contributed by atoms with E-state index in [0.717, 1.165) is 60.5 Å². The molecule has 2 heterocycles. The van der Waals surface area contributed by atoms with Crippen LogP contribution in [0.25, 0.3) is 11.4 Å². The number of thioether (sulfide) groups is 1. The lowest BCUT2D eigenvalue weighted by atomic mass is 10.2. The van der Waals surface area contributed by atoms with Crippen molar-refractivity contribution in [3.8, 4) is 11.4 Å². The van der Waals surface area contributed by atoms with Crippen LogP contribution in [-0.2, 0) is 11.3 Å². The summed E-state index contributed by atoms with van der Waals surface area (Å²) in [7, 11) is 0. The number of nitrogens with zero attached hydrogens (tertiary/aromatic N) is 5. The van der Waals surface area contributed by atoms with Crippen molar-refractivity contribution in [3.63, 3.8) is 0 Å². The molecule has 1 aliphatic carbocycles. The van der Waals surface area contributed by atoms with Gasteiger partial charge in [0.15, 0.2) is 11.0 Å². The van der Waals surface area contributed by atoms with Gasteiger partial charge in [-0.2, -0.15) is 0 Å². The van der Waals surface area contributed by atoms with E-state index in [0.29, 0.717) is 0 Å². The van der Waals surface area contributed by atoms with E-state index in [1.165, 1.54) is 11.8 Å². The zero-order chi connectivity index (χ0) is 21.8. The Balaban J connectivity index is 1.53. The minimum Gasteiger partial charge on any atom is -0.357 e. The van der Waals surface area contributed by atoms with Gasteiger partial charge in [0.2, 0.25) is 5.91 Å². The second-order valence-corrected chi connectivity index (χ2v) is 8.90. The van der Waals surface area contributed by atoms with E-state index < -0.39 is 4.75 Å². The van der Waals surface area contributed by atoms with Crippen molar-refractivity contribution in [1.29, 1.82) is 0 Å². The largest absolute Gasteiger partial charge is 0.357 e. The Hall–Kier alpha value is -2.87. The van der Waals surface area contributed by atoms with Crippen LogP contribution >= 0.6 is 11.8 Å². The molecule has 1 aromatic carbocycles. The van der Waals surface area contributed by atoms with Crippen LogP contribution in [0, 0.1) is 0 Å². The van der Waals surface area contributed by atoms with Crippen LogP contribution in [0.4, 0.5) is 11.5 Å². The van der Waals surface area contributed by atoms with Crippen LogP contribution in [-0.4, -0.2) is 43.5 Å². The maximum Gasteiger partial charge on any atom is 0.241 e. The lowest BCUT2D eigenvalue weighted by molar-refractivity contribution is -0.116. The highest BCUT2D eigenvalue weighted by molar-refractivity contribution is 8.01. The average Bonchev–Trinajstić information content (AvgIpc) is 3.48. The van der Waals surface area contributed by atoms with Gasteiger partial charge in [-0.15, -0.1) is 10.2 Å². The Morgan fingerprint density at radius 2 is 1.84 bits per heavy atom. The van der Waals surface area contributed by atoms with E-state index in [1.807, 2.05) is 48.7 Å². The van der Waals surface area contributed by atoms with E-state index >= 15 is 0 Å². The molecule has 162 valence electrons. The van der Waals surface area contributed by atoms with E-state index in [1.54, 1.807) is 0 Å². The Morgan fingerprint density at radius 1 is 1.10 bits per heavy atom. The molecule has 31 heavy (non-hydrogen) atoms. The molecule has 0 unspecified atom stereocenters. The normalized spacial score (nSPS) is 14.3. The summed E-state index contributed by atoms with van der Waals surface area (Å²) < 4.78 is 1.59. The van der Waals surface area contributed by atoms with Gasteiger partial charge in [0.1, 0.15) is 10.6 Å². The van der Waals surface area contributed by atoms with Crippen LogP contribution < -0.4 is 10.2 Å². The van der Waals surface area contributed by atoms with Gasteiger partial charge in [-0.3, -0.25) is 4.79 Å². The van der Waals surface area contributed by atoms with Gasteiger partial charge >= 0.3 is 0 Å². The van der Waals surface area contributed by atoms with Gasteiger partial charge in [-0.25, -0.2) is 4.98 Å². The van der Waals surface area contributed by atoms with Crippen LogP contribution in [0.1, 0.15) is 33.6 Å². The number of carbonyl (C=O) groups excluding carboxylic acids is 1. The number of benzene rings is 1. The quantitative estimate of drug-likeness (QED) is 0.533. The van der Waals surface area contributed by atoms with Crippen molar-refractivity contribution in [2.45, 2.75) is 50.1 Å². The van der Waals surface area contributed by atoms with Crippen molar-refractivity contribution in [1.82, 2.24) is 19.7 Å². The standard InChI is InChI=1S/C23H28N6OS/c1-4-28(5-2)19-13-12-17(16-24-19)20-26-27-22(29(20)6-3)31-23(14-15-23)21(30)25-18-10-8-7-9-11-18/h7-13,16H,4-6,14-15H2,1-3H3,(H,25,30). The van der Waals surface area contributed by atoms with Gasteiger partial charge in [0.25, 0.3) is 0 Å². The SMILES string of the molecule is CCN(CC)c1ccc(-c2nnc(SC3(C(=O)Nc4ccccc4)CC3)n2CC)cn1. The molecule has 8 heteroatoms. The number of pyridine rings is 1. The number of rotatable bonds is 9. The summed E-state index contributed by atoms with van der Waals surface area (Å²) in [6, 6.07) is 13.6.